The van der Waals surface area contributed by atoms with Crippen LogP contribution < -0.4 is 4.72 Å². The Labute approximate surface area is 280 Å². The number of nitrogens with zero attached hydrogens (tertiary/aromatic N) is 5. The zero-order chi connectivity index (χ0) is 36.5. The lowest BCUT2D eigenvalue weighted by molar-refractivity contribution is -0.715. The molecule has 0 radical (unpaired) electrons. The van der Waals surface area contributed by atoms with Gasteiger partial charge in [0.25, 0.3) is 16.8 Å². The maximum Gasteiger partial charge on any atom is 0.511 e. The van der Waals surface area contributed by atoms with Crippen molar-refractivity contribution in [3.8, 4) is 16.9 Å². The first-order valence-corrected chi connectivity index (χ1v) is 16.3. The third-order valence-electron chi connectivity index (χ3n) is 7.08. The number of hydrogen-bond acceptors (Lipinski definition) is 11. The second-order valence-electron chi connectivity index (χ2n) is 11.1. The van der Waals surface area contributed by atoms with Crippen molar-refractivity contribution in [1.29, 1.82) is 0 Å². The second-order valence-corrected chi connectivity index (χ2v) is 12.7. The van der Waals surface area contributed by atoms with Crippen molar-refractivity contribution in [3.63, 3.8) is 0 Å². The molecule has 0 spiro atoms. The first-order valence-electron chi connectivity index (χ1n) is 14.8. The number of hydrazine groups is 1. The van der Waals surface area contributed by atoms with Gasteiger partial charge < -0.3 is 24.3 Å². The van der Waals surface area contributed by atoms with Gasteiger partial charge in [-0.05, 0) is 57.0 Å². The summed E-state index contributed by atoms with van der Waals surface area (Å²) in [5, 5.41) is 20.4. The van der Waals surface area contributed by atoms with Crippen LogP contribution in [0.5, 0.6) is 0 Å². The quantitative estimate of drug-likeness (QED) is 0.0521. The molecule has 1 heterocycles. The summed E-state index contributed by atoms with van der Waals surface area (Å²) in [4.78, 5) is 28.3. The summed E-state index contributed by atoms with van der Waals surface area (Å²) in [5.74, 6) is -0.268. The van der Waals surface area contributed by atoms with E-state index < -0.39 is 59.7 Å². The van der Waals surface area contributed by atoms with Crippen LogP contribution in [0.15, 0.2) is 64.8 Å². The van der Waals surface area contributed by atoms with Crippen molar-refractivity contribution in [3.05, 3.63) is 71.1 Å². The van der Waals surface area contributed by atoms with Crippen LogP contribution in [0.4, 0.5) is 22.8 Å². The summed E-state index contributed by atoms with van der Waals surface area (Å²) in [6.45, 7) is 7.45. The number of aryl methyl sites for hydroxylation is 1. The highest BCUT2D eigenvalue weighted by Crippen LogP contribution is 2.33. The molecule has 19 heteroatoms. The fourth-order valence-electron chi connectivity index (χ4n) is 4.24. The molecule has 0 unspecified atom stereocenters. The highest BCUT2D eigenvalue weighted by atomic mass is 32.2. The fourth-order valence-corrected chi connectivity index (χ4v) is 5.13. The molecule has 1 aromatic heterocycles. The Kier molecular flexibility index (Phi) is 12.8. The van der Waals surface area contributed by atoms with Crippen LogP contribution in [-0.2, 0) is 35.2 Å². The normalized spacial score (nSPS) is 13.4. The average molecular weight is 715 g/mol. The molecule has 3 rings (SSSR count). The minimum atomic E-state index is -4.73. The Morgan fingerprint density at radius 2 is 1.71 bits per heavy atom. The zero-order valence-corrected chi connectivity index (χ0v) is 28.3. The number of sulfonamides is 1. The van der Waals surface area contributed by atoms with Gasteiger partial charge in [0.1, 0.15) is 12.6 Å². The number of alkyl halides is 3. The summed E-state index contributed by atoms with van der Waals surface area (Å²) in [5.41, 5.74) is 0.474. The van der Waals surface area contributed by atoms with Crippen molar-refractivity contribution >= 4 is 22.3 Å². The second kappa shape index (κ2) is 16.4. The van der Waals surface area contributed by atoms with E-state index in [0.29, 0.717) is 12.0 Å². The molecular weight excluding hydrogens is 677 g/mol. The molecule has 0 fully saturated rings. The van der Waals surface area contributed by atoms with Crippen molar-refractivity contribution in [1.82, 2.24) is 19.5 Å². The number of rotatable bonds is 14. The van der Waals surface area contributed by atoms with Gasteiger partial charge in [0.15, 0.2) is 5.69 Å². The monoisotopic (exact) mass is 714 g/mol. The van der Waals surface area contributed by atoms with Crippen molar-refractivity contribution in [2.75, 3.05) is 20.4 Å². The summed E-state index contributed by atoms with van der Waals surface area (Å²) in [7, 11) is -3.17. The number of ether oxygens (including phenoxy) is 3. The number of likely N-dealkylation sites (N-methyl/N-ethyl adjacent to an activating group) is 1. The Hall–Kier alpha value is -5.07. The van der Waals surface area contributed by atoms with E-state index in [1.165, 1.54) is 19.2 Å². The SMILES string of the molecule is CC[C@@H](C)[C@@H](COC(=O)NS(=O)(=O)c1ccc(-n2nc(C(F)(F)F)cc2-c2ccc(C)cc2)cc1)N(C)/[N+]([O-])=N/OCOC(=O)OC(C)C. The molecule has 0 bridgehead atoms. The molecule has 3 aromatic rings. The minimum absolute atomic E-state index is 0.0367. The minimum Gasteiger partial charge on any atom is -0.569 e. The van der Waals surface area contributed by atoms with Crippen LogP contribution in [-0.4, -0.2) is 73.0 Å². The van der Waals surface area contributed by atoms with E-state index in [-0.39, 0.29) is 27.2 Å². The summed E-state index contributed by atoms with van der Waals surface area (Å²) in [6, 6.07) is 11.5. The number of carbonyl (C=O) groups is 2. The predicted octanol–water partition coefficient (Wildman–Crippen LogP) is 5.96. The summed E-state index contributed by atoms with van der Waals surface area (Å²) in [6.07, 6.45) is -7.01. The lowest BCUT2D eigenvalue weighted by atomic mass is 10.00. The topological polar surface area (TPSA) is 177 Å². The molecule has 0 saturated heterocycles. The standard InChI is InChI=1S/C30H37F3N6O9S/c1-7-21(5)26(37(6)39(42)36-47-18-46-29(41)48-19(2)3)17-45-28(40)35-49(43,44)24-14-12-23(13-15-24)38-25(16-27(34-38)30(31,32)33)22-10-8-20(4)9-11-22/h8-16,19,21,26H,7,17-18H2,1-6H3,(H,35,40)/b39-36-/t21-,26-/m1/s1. The number of nitrogens with one attached hydrogen (secondary N) is 1. The Morgan fingerprint density at radius 3 is 2.29 bits per heavy atom. The van der Waals surface area contributed by atoms with Crippen molar-refractivity contribution in [2.45, 2.75) is 64.3 Å². The maximum atomic E-state index is 13.5. The van der Waals surface area contributed by atoms with Crippen molar-refractivity contribution < 1.29 is 55.2 Å². The van der Waals surface area contributed by atoms with Gasteiger partial charge in [-0.25, -0.2) is 27.4 Å². The van der Waals surface area contributed by atoms with Gasteiger partial charge in [-0.1, -0.05) is 50.1 Å². The van der Waals surface area contributed by atoms with Crippen molar-refractivity contribution in [2.24, 2.45) is 11.2 Å². The molecule has 2 atom stereocenters. The first-order chi connectivity index (χ1) is 22.9. The third-order valence-corrected chi connectivity index (χ3v) is 8.41. The van der Waals surface area contributed by atoms with Crippen LogP contribution in [0.2, 0.25) is 0 Å². The summed E-state index contributed by atoms with van der Waals surface area (Å²) >= 11 is 0. The van der Waals surface area contributed by atoms with Crippen LogP contribution in [0.3, 0.4) is 0 Å². The van der Waals surface area contributed by atoms with Gasteiger partial charge in [-0.15, -0.1) is 5.01 Å². The first kappa shape index (κ1) is 38.4. The molecule has 0 aliphatic heterocycles. The van der Waals surface area contributed by atoms with E-state index in [0.717, 1.165) is 33.5 Å². The molecule has 0 saturated carbocycles. The van der Waals surface area contributed by atoms with Gasteiger partial charge in [0.05, 0.1) is 34.4 Å². The maximum absolute atomic E-state index is 13.5. The molecule has 49 heavy (non-hydrogen) atoms. The molecule has 0 aliphatic rings. The lowest BCUT2D eigenvalue weighted by Gasteiger charge is -2.27. The molecule has 2 aromatic carbocycles. The van der Waals surface area contributed by atoms with E-state index in [1.54, 1.807) is 49.8 Å². The van der Waals surface area contributed by atoms with Crippen LogP contribution in [0, 0.1) is 18.0 Å². The van der Waals surface area contributed by atoms with Gasteiger partial charge in [-0.2, -0.15) is 18.3 Å². The number of hydrogen-bond donors (Lipinski definition) is 1. The summed E-state index contributed by atoms with van der Waals surface area (Å²) < 4.78 is 83.8. The van der Waals surface area contributed by atoms with E-state index in [4.69, 9.17) is 9.47 Å². The number of carbonyl (C=O) groups excluding carboxylic acids is 2. The van der Waals surface area contributed by atoms with Crippen LogP contribution in [0.1, 0.15) is 45.4 Å². The molecular formula is C30H37F3N6O9S. The number of aromatic nitrogens is 2. The third kappa shape index (κ3) is 10.7. The Bertz CT molecular complexity index is 1710. The number of benzene rings is 2. The van der Waals surface area contributed by atoms with E-state index >= 15 is 0 Å². The van der Waals surface area contributed by atoms with Crippen LogP contribution in [0.25, 0.3) is 16.9 Å². The Morgan fingerprint density at radius 1 is 1.08 bits per heavy atom. The zero-order valence-electron chi connectivity index (χ0n) is 27.5. The average Bonchev–Trinajstić information content (AvgIpc) is 3.49. The molecule has 0 aliphatic carbocycles. The van der Waals surface area contributed by atoms with Gasteiger partial charge >= 0.3 is 18.4 Å². The number of amides is 1. The highest BCUT2D eigenvalue weighted by Gasteiger charge is 2.35. The lowest BCUT2D eigenvalue weighted by Crippen LogP contribution is -2.45. The Balaban J connectivity index is 1.69. The van der Waals surface area contributed by atoms with E-state index in [1.807, 2.05) is 13.8 Å². The highest BCUT2D eigenvalue weighted by molar-refractivity contribution is 7.90. The van der Waals surface area contributed by atoms with Gasteiger partial charge in [0, 0.05) is 5.56 Å². The predicted molar refractivity (Wildman–Crippen MR) is 166 cm³/mol. The van der Waals surface area contributed by atoms with Gasteiger partial charge in [0.2, 0.25) is 5.28 Å². The smallest absolute Gasteiger partial charge is 0.511 e. The van der Waals surface area contributed by atoms with E-state index in [9.17, 15) is 36.4 Å². The van der Waals surface area contributed by atoms with Crippen LogP contribution >= 0.6 is 0 Å². The number of halogens is 3. The fraction of sp³-hybridized carbons (Fsp3) is 0.433. The largest absolute Gasteiger partial charge is 0.569 e. The van der Waals surface area contributed by atoms with Gasteiger partial charge in [-0.3, -0.25) is 0 Å². The molecule has 268 valence electrons. The molecule has 1 amide bonds. The molecule has 15 nitrogen and oxygen atoms in total. The molecule has 1 N–H and O–H groups in total. The van der Waals surface area contributed by atoms with E-state index in [2.05, 4.69) is 20.0 Å².